The zero-order valence-electron chi connectivity index (χ0n) is 12.4. The Labute approximate surface area is 126 Å². The Morgan fingerprint density at radius 3 is 2.60 bits per heavy atom. The van der Waals surface area contributed by atoms with Crippen LogP contribution in [0.5, 0.6) is 0 Å². The summed E-state index contributed by atoms with van der Waals surface area (Å²) in [6.45, 7) is 4.83. The molecule has 0 amide bonds. The molecule has 0 aliphatic heterocycles. The molecule has 2 rings (SSSR count). The van der Waals surface area contributed by atoms with Crippen LogP contribution in [0.25, 0.3) is 0 Å². The van der Waals surface area contributed by atoms with Crippen LogP contribution in [0.15, 0.2) is 0 Å². The number of halogens is 1. The molecule has 0 bridgehead atoms. The maximum absolute atomic E-state index is 9.37. The summed E-state index contributed by atoms with van der Waals surface area (Å²) in [6.07, 6.45) is 6.69. The Hall–Kier alpha value is -0.870. The number of aliphatic hydroxyl groups excluding tert-OH is 1. The molecule has 1 aliphatic carbocycles. The van der Waals surface area contributed by atoms with Crippen LogP contribution in [0, 0.1) is 6.92 Å². The number of aryl methyl sites for hydroxylation is 1. The van der Waals surface area contributed by atoms with Crippen LogP contribution < -0.4 is 4.90 Å². The third-order valence-electron chi connectivity index (χ3n) is 3.96. The second kappa shape index (κ2) is 7.23. The van der Waals surface area contributed by atoms with Crippen molar-refractivity contribution >= 4 is 17.4 Å². The minimum atomic E-state index is 0.140. The van der Waals surface area contributed by atoms with Crippen LogP contribution in [-0.4, -0.2) is 34.3 Å². The fraction of sp³-hybridized carbons (Fsp3) is 0.733. The van der Waals surface area contributed by atoms with Crippen LogP contribution in [0.2, 0.25) is 5.15 Å². The first-order valence-electron chi connectivity index (χ1n) is 7.57. The van der Waals surface area contributed by atoms with E-state index < -0.39 is 0 Å². The fourth-order valence-corrected chi connectivity index (χ4v) is 3.10. The van der Waals surface area contributed by atoms with Crippen LogP contribution in [0.4, 0.5) is 5.82 Å². The van der Waals surface area contributed by atoms with E-state index in [2.05, 4.69) is 16.8 Å². The van der Waals surface area contributed by atoms with Crippen LogP contribution in [0.3, 0.4) is 0 Å². The molecule has 1 heterocycles. The fourth-order valence-electron chi connectivity index (χ4n) is 2.92. The number of aromatic nitrogens is 2. The molecule has 0 spiro atoms. The van der Waals surface area contributed by atoms with Gasteiger partial charge in [0.1, 0.15) is 16.8 Å². The van der Waals surface area contributed by atoms with Crippen molar-refractivity contribution in [3.05, 3.63) is 16.5 Å². The summed E-state index contributed by atoms with van der Waals surface area (Å²) in [4.78, 5) is 11.3. The number of nitrogens with zero attached hydrogens (tertiary/aromatic N) is 3. The second-order valence-corrected chi connectivity index (χ2v) is 5.84. The number of hydrogen-bond donors (Lipinski definition) is 1. The van der Waals surface area contributed by atoms with E-state index >= 15 is 0 Å². The van der Waals surface area contributed by atoms with Crippen molar-refractivity contribution in [1.82, 2.24) is 9.97 Å². The van der Waals surface area contributed by atoms with Crippen molar-refractivity contribution in [3.8, 4) is 0 Å². The Kier molecular flexibility index (Phi) is 5.61. The Morgan fingerprint density at radius 1 is 1.30 bits per heavy atom. The summed E-state index contributed by atoms with van der Waals surface area (Å²) in [5.74, 6) is 1.72. The first-order chi connectivity index (χ1) is 9.67. The predicted octanol–water partition coefficient (Wildman–Crippen LogP) is 3.13. The number of hydrogen-bond acceptors (Lipinski definition) is 4. The molecule has 0 atom stereocenters. The van der Waals surface area contributed by atoms with Gasteiger partial charge in [0.2, 0.25) is 0 Å². The highest BCUT2D eigenvalue weighted by Crippen LogP contribution is 2.31. The van der Waals surface area contributed by atoms with Gasteiger partial charge in [0, 0.05) is 24.6 Å². The van der Waals surface area contributed by atoms with Crippen molar-refractivity contribution in [2.45, 2.75) is 58.4 Å². The zero-order chi connectivity index (χ0) is 14.5. The lowest BCUT2D eigenvalue weighted by Gasteiger charge is -2.31. The molecular weight excluding hydrogens is 274 g/mol. The van der Waals surface area contributed by atoms with E-state index in [9.17, 15) is 5.11 Å². The monoisotopic (exact) mass is 297 g/mol. The smallest absolute Gasteiger partial charge is 0.137 e. The van der Waals surface area contributed by atoms with E-state index in [0.29, 0.717) is 17.7 Å². The third kappa shape index (κ3) is 3.41. The van der Waals surface area contributed by atoms with Gasteiger partial charge >= 0.3 is 0 Å². The molecule has 1 aliphatic rings. The van der Waals surface area contributed by atoms with Crippen LogP contribution >= 0.6 is 11.6 Å². The summed E-state index contributed by atoms with van der Waals surface area (Å²) >= 11 is 6.27. The van der Waals surface area contributed by atoms with E-state index in [1.807, 2.05) is 6.92 Å². The molecule has 5 heteroatoms. The molecule has 0 radical (unpaired) electrons. The second-order valence-electron chi connectivity index (χ2n) is 5.48. The van der Waals surface area contributed by atoms with Gasteiger partial charge in [-0.3, -0.25) is 0 Å². The molecule has 20 heavy (non-hydrogen) atoms. The molecule has 1 N–H and O–H groups in total. The van der Waals surface area contributed by atoms with Gasteiger partial charge in [0.05, 0.1) is 6.61 Å². The lowest BCUT2D eigenvalue weighted by molar-refractivity contribution is 0.296. The molecule has 0 unspecified atom stereocenters. The minimum absolute atomic E-state index is 0.140. The summed E-state index contributed by atoms with van der Waals surface area (Å²) in [6, 6.07) is 0.473. The average Bonchev–Trinajstić information content (AvgIpc) is 2.94. The Balaban J connectivity index is 2.35. The highest BCUT2D eigenvalue weighted by atomic mass is 35.5. The Morgan fingerprint density at radius 2 is 2.00 bits per heavy atom. The normalized spacial score (nSPS) is 15.8. The predicted molar refractivity (Wildman–Crippen MR) is 82.5 cm³/mol. The number of rotatable bonds is 6. The van der Waals surface area contributed by atoms with Gasteiger partial charge in [-0.25, -0.2) is 9.97 Å². The number of aliphatic hydroxyl groups is 1. The SMILES string of the molecule is CCCc1nc(Cl)c(C)c(N(CCO)C2CCCC2)n1. The van der Waals surface area contributed by atoms with Crippen LogP contribution in [-0.2, 0) is 6.42 Å². The van der Waals surface area contributed by atoms with E-state index in [4.69, 9.17) is 16.6 Å². The van der Waals surface area contributed by atoms with Gasteiger partial charge in [0.15, 0.2) is 0 Å². The van der Waals surface area contributed by atoms with Gasteiger partial charge in [-0.05, 0) is 26.2 Å². The molecule has 1 aromatic rings. The summed E-state index contributed by atoms with van der Waals surface area (Å²) in [7, 11) is 0. The molecule has 0 saturated heterocycles. The molecule has 0 aromatic carbocycles. The van der Waals surface area contributed by atoms with Crippen LogP contribution in [0.1, 0.15) is 50.4 Å². The van der Waals surface area contributed by atoms with Crippen molar-refractivity contribution in [1.29, 1.82) is 0 Å². The summed E-state index contributed by atoms with van der Waals surface area (Å²) in [5, 5.41) is 9.91. The van der Waals surface area contributed by atoms with Crippen molar-refractivity contribution < 1.29 is 5.11 Å². The topological polar surface area (TPSA) is 49.2 Å². The standard InChI is InChI=1S/C15H24ClN3O/c1-3-6-13-17-14(16)11(2)15(18-13)19(9-10-20)12-7-4-5-8-12/h12,20H,3-10H2,1-2H3. The van der Waals surface area contributed by atoms with E-state index in [1.54, 1.807) is 0 Å². The summed E-state index contributed by atoms with van der Waals surface area (Å²) in [5.41, 5.74) is 0.923. The maximum Gasteiger partial charge on any atom is 0.137 e. The Bertz CT molecular complexity index is 447. The van der Waals surface area contributed by atoms with E-state index in [1.165, 1.54) is 25.7 Å². The maximum atomic E-state index is 9.37. The van der Waals surface area contributed by atoms with E-state index in [-0.39, 0.29) is 6.61 Å². The molecule has 1 fully saturated rings. The molecule has 4 nitrogen and oxygen atoms in total. The minimum Gasteiger partial charge on any atom is -0.395 e. The lowest BCUT2D eigenvalue weighted by atomic mass is 10.2. The van der Waals surface area contributed by atoms with Crippen molar-refractivity contribution in [2.24, 2.45) is 0 Å². The number of anilines is 1. The van der Waals surface area contributed by atoms with E-state index in [0.717, 1.165) is 30.0 Å². The first kappa shape index (κ1) is 15.5. The largest absolute Gasteiger partial charge is 0.395 e. The van der Waals surface area contributed by atoms with Crippen molar-refractivity contribution in [3.63, 3.8) is 0 Å². The van der Waals surface area contributed by atoms with Gasteiger partial charge in [-0.2, -0.15) is 0 Å². The molecular formula is C15H24ClN3O. The molecule has 1 aromatic heterocycles. The van der Waals surface area contributed by atoms with Gasteiger partial charge < -0.3 is 10.0 Å². The van der Waals surface area contributed by atoms with Gasteiger partial charge in [0.25, 0.3) is 0 Å². The highest BCUT2D eigenvalue weighted by Gasteiger charge is 2.25. The first-order valence-corrected chi connectivity index (χ1v) is 7.95. The highest BCUT2D eigenvalue weighted by molar-refractivity contribution is 6.30. The molecule has 1 saturated carbocycles. The zero-order valence-corrected chi connectivity index (χ0v) is 13.2. The average molecular weight is 298 g/mol. The molecule has 112 valence electrons. The van der Waals surface area contributed by atoms with Gasteiger partial charge in [-0.15, -0.1) is 0 Å². The summed E-state index contributed by atoms with van der Waals surface area (Å²) < 4.78 is 0. The van der Waals surface area contributed by atoms with Crippen molar-refractivity contribution in [2.75, 3.05) is 18.1 Å². The van der Waals surface area contributed by atoms with Gasteiger partial charge in [-0.1, -0.05) is 31.4 Å². The quantitative estimate of drug-likeness (QED) is 0.820. The third-order valence-corrected chi connectivity index (χ3v) is 4.33. The lowest BCUT2D eigenvalue weighted by Crippen LogP contribution is -2.37.